The lowest BCUT2D eigenvalue weighted by Gasteiger charge is -2.16. The maximum Gasteiger partial charge on any atom is 0.411 e. The molecule has 6 heteroatoms. The van der Waals surface area contributed by atoms with Crippen molar-refractivity contribution in [3.63, 3.8) is 0 Å². The molecule has 1 heterocycles. The molecule has 0 saturated carbocycles. The van der Waals surface area contributed by atoms with Crippen molar-refractivity contribution in [2.45, 2.75) is 12.3 Å². The lowest BCUT2D eigenvalue weighted by atomic mass is 10.2. The third kappa shape index (κ3) is 4.26. The van der Waals surface area contributed by atoms with Crippen molar-refractivity contribution < 1.29 is 17.9 Å². The summed E-state index contributed by atoms with van der Waals surface area (Å²) < 4.78 is 40.3. The molecule has 0 aromatic carbocycles. The zero-order valence-electron chi connectivity index (χ0n) is 7.87. The molecular formula is C9H11F3N2O. The summed E-state index contributed by atoms with van der Waals surface area (Å²) in [5.74, 6) is 0. The normalized spacial score (nSPS) is 13.9. The summed E-state index contributed by atoms with van der Waals surface area (Å²) in [7, 11) is 0. The van der Waals surface area contributed by atoms with Gasteiger partial charge in [0.2, 0.25) is 0 Å². The van der Waals surface area contributed by atoms with Gasteiger partial charge < -0.3 is 10.5 Å². The molecule has 15 heavy (non-hydrogen) atoms. The Bertz CT molecular complexity index is 289. The molecule has 1 atom stereocenters. The summed E-state index contributed by atoms with van der Waals surface area (Å²) in [5, 5.41) is 0. The van der Waals surface area contributed by atoms with E-state index in [1.54, 1.807) is 18.2 Å². The molecule has 1 aromatic rings. The molecule has 0 amide bonds. The molecular weight excluding hydrogens is 209 g/mol. The Morgan fingerprint density at radius 1 is 1.40 bits per heavy atom. The van der Waals surface area contributed by atoms with Crippen molar-refractivity contribution in [2.75, 3.05) is 13.2 Å². The second-order valence-electron chi connectivity index (χ2n) is 2.91. The van der Waals surface area contributed by atoms with E-state index in [0.29, 0.717) is 5.69 Å². The second-order valence-corrected chi connectivity index (χ2v) is 2.91. The van der Waals surface area contributed by atoms with Crippen LogP contribution in [0.15, 0.2) is 24.4 Å². The third-order valence-electron chi connectivity index (χ3n) is 1.68. The number of halogens is 3. The highest BCUT2D eigenvalue weighted by atomic mass is 19.4. The van der Waals surface area contributed by atoms with E-state index in [-0.39, 0.29) is 6.54 Å². The van der Waals surface area contributed by atoms with Crippen molar-refractivity contribution in [1.82, 2.24) is 4.98 Å². The molecule has 0 aliphatic rings. The Kier molecular flexibility index (Phi) is 4.05. The van der Waals surface area contributed by atoms with Crippen LogP contribution in [0.25, 0.3) is 0 Å². The minimum Gasteiger partial charge on any atom is -0.361 e. The fourth-order valence-electron chi connectivity index (χ4n) is 1.04. The Morgan fingerprint density at radius 3 is 2.60 bits per heavy atom. The molecule has 0 fully saturated rings. The van der Waals surface area contributed by atoms with Crippen LogP contribution < -0.4 is 5.73 Å². The Balaban J connectivity index is 2.58. The summed E-state index contributed by atoms with van der Waals surface area (Å²) >= 11 is 0. The molecule has 3 nitrogen and oxygen atoms in total. The van der Waals surface area contributed by atoms with Crippen molar-refractivity contribution >= 4 is 0 Å². The molecule has 0 spiro atoms. The minimum absolute atomic E-state index is 0.0346. The van der Waals surface area contributed by atoms with Crippen LogP contribution in [0, 0.1) is 0 Å². The van der Waals surface area contributed by atoms with Gasteiger partial charge in [-0.1, -0.05) is 6.07 Å². The molecule has 0 saturated heterocycles. The Hall–Kier alpha value is -1.14. The van der Waals surface area contributed by atoms with E-state index in [1.165, 1.54) is 6.20 Å². The number of nitrogens with zero attached hydrogens (tertiary/aromatic N) is 1. The number of pyridine rings is 1. The number of alkyl halides is 3. The average Bonchev–Trinajstić information content (AvgIpc) is 2.19. The summed E-state index contributed by atoms with van der Waals surface area (Å²) in [6.45, 7) is -1.35. The van der Waals surface area contributed by atoms with E-state index in [2.05, 4.69) is 9.72 Å². The van der Waals surface area contributed by atoms with Gasteiger partial charge in [-0.05, 0) is 12.1 Å². The van der Waals surface area contributed by atoms with Crippen molar-refractivity contribution in [3.8, 4) is 0 Å². The minimum atomic E-state index is -4.35. The molecule has 0 aliphatic heterocycles. The predicted octanol–water partition coefficient (Wildman–Crippen LogP) is 1.66. The van der Waals surface area contributed by atoms with E-state index in [4.69, 9.17) is 5.73 Å². The molecule has 0 aliphatic carbocycles. The molecule has 84 valence electrons. The molecule has 1 rings (SSSR count). The van der Waals surface area contributed by atoms with E-state index in [0.717, 1.165) is 0 Å². The number of ether oxygens (including phenoxy) is 1. The van der Waals surface area contributed by atoms with E-state index >= 15 is 0 Å². The first kappa shape index (κ1) is 11.9. The number of hydrogen-bond donors (Lipinski definition) is 1. The first-order valence-corrected chi connectivity index (χ1v) is 4.32. The van der Waals surface area contributed by atoms with Crippen LogP contribution in [-0.2, 0) is 4.74 Å². The zero-order valence-corrected chi connectivity index (χ0v) is 7.87. The Morgan fingerprint density at radius 2 is 2.13 bits per heavy atom. The lowest BCUT2D eigenvalue weighted by molar-refractivity contribution is -0.185. The van der Waals surface area contributed by atoms with Gasteiger partial charge in [0, 0.05) is 12.7 Å². The fourth-order valence-corrected chi connectivity index (χ4v) is 1.04. The van der Waals surface area contributed by atoms with E-state index in [1.807, 2.05) is 0 Å². The van der Waals surface area contributed by atoms with Crippen LogP contribution in [0.4, 0.5) is 13.2 Å². The summed E-state index contributed by atoms with van der Waals surface area (Å²) in [5.41, 5.74) is 5.71. The van der Waals surface area contributed by atoms with Gasteiger partial charge in [0.25, 0.3) is 0 Å². The van der Waals surface area contributed by atoms with Crippen LogP contribution in [0.1, 0.15) is 11.8 Å². The van der Waals surface area contributed by atoms with Gasteiger partial charge in [-0.15, -0.1) is 0 Å². The summed E-state index contributed by atoms with van der Waals surface area (Å²) in [6.07, 6.45) is -3.68. The van der Waals surface area contributed by atoms with Gasteiger partial charge in [-0.2, -0.15) is 13.2 Å². The summed E-state index contributed by atoms with van der Waals surface area (Å²) in [4.78, 5) is 3.88. The molecule has 1 aromatic heterocycles. The van der Waals surface area contributed by atoms with Gasteiger partial charge in [0.05, 0.1) is 5.69 Å². The zero-order chi connectivity index (χ0) is 11.3. The SMILES string of the molecule is NCC(OCC(F)(F)F)c1ccccn1. The van der Waals surface area contributed by atoms with Crippen molar-refractivity contribution in [1.29, 1.82) is 0 Å². The quantitative estimate of drug-likeness (QED) is 0.839. The highest BCUT2D eigenvalue weighted by Gasteiger charge is 2.29. The van der Waals surface area contributed by atoms with E-state index in [9.17, 15) is 13.2 Å². The van der Waals surface area contributed by atoms with Crippen LogP contribution in [0.5, 0.6) is 0 Å². The Labute approximate surface area is 85.1 Å². The fraction of sp³-hybridized carbons (Fsp3) is 0.444. The number of rotatable bonds is 4. The van der Waals surface area contributed by atoms with Gasteiger partial charge in [-0.25, -0.2) is 0 Å². The van der Waals surface area contributed by atoms with Crippen LogP contribution in [-0.4, -0.2) is 24.3 Å². The van der Waals surface area contributed by atoms with E-state index < -0.39 is 18.9 Å². The van der Waals surface area contributed by atoms with Crippen molar-refractivity contribution in [3.05, 3.63) is 30.1 Å². The maximum atomic E-state index is 11.9. The van der Waals surface area contributed by atoms with Gasteiger partial charge in [-0.3, -0.25) is 4.98 Å². The second kappa shape index (κ2) is 5.09. The van der Waals surface area contributed by atoms with Gasteiger partial charge >= 0.3 is 6.18 Å². The van der Waals surface area contributed by atoms with Crippen molar-refractivity contribution in [2.24, 2.45) is 5.73 Å². The topological polar surface area (TPSA) is 48.1 Å². The highest BCUT2D eigenvalue weighted by molar-refractivity contribution is 5.07. The lowest BCUT2D eigenvalue weighted by Crippen LogP contribution is -2.24. The molecule has 0 radical (unpaired) electrons. The highest BCUT2D eigenvalue weighted by Crippen LogP contribution is 2.20. The number of aromatic nitrogens is 1. The average molecular weight is 220 g/mol. The molecule has 2 N–H and O–H groups in total. The summed E-state index contributed by atoms with van der Waals surface area (Å²) in [6, 6.07) is 4.91. The smallest absolute Gasteiger partial charge is 0.361 e. The standard InChI is InChI=1S/C9H11F3N2O/c10-9(11,12)6-15-8(5-13)7-3-1-2-4-14-7/h1-4,8H,5-6,13H2. The maximum absolute atomic E-state index is 11.9. The van der Waals surface area contributed by atoms with Crippen LogP contribution >= 0.6 is 0 Å². The molecule has 1 unspecified atom stereocenters. The predicted molar refractivity (Wildman–Crippen MR) is 48.0 cm³/mol. The van der Waals surface area contributed by atoms with Crippen LogP contribution in [0.3, 0.4) is 0 Å². The van der Waals surface area contributed by atoms with Crippen LogP contribution in [0.2, 0.25) is 0 Å². The third-order valence-corrected chi connectivity index (χ3v) is 1.68. The number of nitrogens with two attached hydrogens (primary N) is 1. The number of hydrogen-bond acceptors (Lipinski definition) is 3. The molecule has 0 bridgehead atoms. The first-order valence-electron chi connectivity index (χ1n) is 4.32. The van der Waals surface area contributed by atoms with Gasteiger partial charge in [0.1, 0.15) is 12.7 Å². The monoisotopic (exact) mass is 220 g/mol. The first-order chi connectivity index (χ1) is 7.03. The largest absolute Gasteiger partial charge is 0.411 e. The van der Waals surface area contributed by atoms with Gasteiger partial charge in [0.15, 0.2) is 0 Å².